The van der Waals surface area contributed by atoms with Crippen LogP contribution in [-0.4, -0.2) is 44.7 Å². The van der Waals surface area contributed by atoms with E-state index in [-0.39, 0.29) is 11.8 Å². The number of carbonyl (C=O) groups excluding carboxylic acids is 1. The smallest absolute Gasteiger partial charge is 0.242 e. The summed E-state index contributed by atoms with van der Waals surface area (Å²) in [4.78, 5) is 14.0. The zero-order valence-corrected chi connectivity index (χ0v) is 11.6. The average molecular weight is 265 g/mol. The number of ether oxygens (including phenoxy) is 1. The van der Waals surface area contributed by atoms with Crippen LogP contribution in [0.1, 0.15) is 17.9 Å². The van der Waals surface area contributed by atoms with Crippen molar-refractivity contribution in [1.29, 1.82) is 0 Å². The first-order chi connectivity index (χ1) is 9.19. The summed E-state index contributed by atoms with van der Waals surface area (Å²) in [5.74, 6) is 4.86. The van der Waals surface area contributed by atoms with E-state index in [0.717, 1.165) is 25.1 Å². The van der Waals surface area contributed by atoms with Crippen molar-refractivity contribution in [3.63, 3.8) is 0 Å². The van der Waals surface area contributed by atoms with Gasteiger partial charge in [0.1, 0.15) is 0 Å². The Bertz CT molecular complexity index is 370. The lowest BCUT2D eigenvalue weighted by Crippen LogP contribution is -2.39. The monoisotopic (exact) mass is 265 g/mol. The number of nitrogens with two attached hydrogens (primary N) is 1. The van der Waals surface area contributed by atoms with Crippen LogP contribution in [0.25, 0.3) is 0 Å². The van der Waals surface area contributed by atoms with Gasteiger partial charge in [-0.1, -0.05) is 30.3 Å². The largest absolute Gasteiger partial charge is 0.385 e. The van der Waals surface area contributed by atoms with Gasteiger partial charge in [0.25, 0.3) is 0 Å². The van der Waals surface area contributed by atoms with Crippen molar-refractivity contribution in [3.05, 3.63) is 35.9 Å². The van der Waals surface area contributed by atoms with E-state index in [9.17, 15) is 4.79 Å². The number of amides is 1. The van der Waals surface area contributed by atoms with E-state index in [2.05, 4.69) is 10.3 Å². The molecular formula is C14H23N3O2. The molecule has 0 aromatic heterocycles. The van der Waals surface area contributed by atoms with Crippen molar-refractivity contribution in [2.45, 2.75) is 12.3 Å². The number of methoxy groups -OCH3 is 1. The number of rotatable bonds is 8. The van der Waals surface area contributed by atoms with Gasteiger partial charge in [0, 0.05) is 26.8 Å². The molecule has 0 aliphatic heterocycles. The van der Waals surface area contributed by atoms with Crippen molar-refractivity contribution in [2.75, 3.05) is 33.9 Å². The Labute approximate surface area is 114 Å². The Kier molecular flexibility index (Phi) is 7.10. The predicted molar refractivity (Wildman–Crippen MR) is 75.5 cm³/mol. The van der Waals surface area contributed by atoms with Crippen LogP contribution in [0.5, 0.6) is 0 Å². The van der Waals surface area contributed by atoms with Gasteiger partial charge in [-0.25, -0.2) is 5.84 Å². The average Bonchev–Trinajstić information content (AvgIpc) is 2.45. The van der Waals surface area contributed by atoms with Crippen LogP contribution in [0.3, 0.4) is 0 Å². The summed E-state index contributed by atoms with van der Waals surface area (Å²) < 4.78 is 5.02. The third-order valence-electron chi connectivity index (χ3n) is 3.04. The maximum atomic E-state index is 11.9. The Morgan fingerprint density at radius 3 is 2.68 bits per heavy atom. The van der Waals surface area contributed by atoms with Gasteiger partial charge in [-0.15, -0.1) is 0 Å². The molecule has 1 rings (SSSR count). The highest BCUT2D eigenvalue weighted by molar-refractivity contribution is 5.83. The van der Waals surface area contributed by atoms with Crippen molar-refractivity contribution in [3.8, 4) is 0 Å². The summed E-state index contributed by atoms with van der Waals surface area (Å²) in [7, 11) is 3.68. The van der Waals surface area contributed by atoms with Crippen LogP contribution >= 0.6 is 0 Å². The van der Waals surface area contributed by atoms with Crippen molar-refractivity contribution in [2.24, 2.45) is 5.84 Å². The van der Waals surface area contributed by atoms with E-state index < -0.39 is 0 Å². The standard InChI is InChI=1S/C14H23N3O2/c1-17(9-6-10-19-2)11-13(14(18)16-15)12-7-4-3-5-8-12/h3-5,7-8,13H,6,9-11,15H2,1-2H3,(H,16,18). The lowest BCUT2D eigenvalue weighted by atomic mass is 9.98. The first-order valence-electron chi connectivity index (χ1n) is 6.42. The second-order valence-electron chi connectivity index (χ2n) is 4.58. The van der Waals surface area contributed by atoms with Gasteiger partial charge < -0.3 is 9.64 Å². The van der Waals surface area contributed by atoms with E-state index >= 15 is 0 Å². The molecule has 19 heavy (non-hydrogen) atoms. The number of nitrogens with zero attached hydrogens (tertiary/aromatic N) is 1. The molecule has 1 amide bonds. The molecule has 106 valence electrons. The molecule has 0 saturated carbocycles. The first-order valence-corrected chi connectivity index (χ1v) is 6.42. The SMILES string of the molecule is COCCCN(C)CC(C(=O)NN)c1ccccc1. The highest BCUT2D eigenvalue weighted by Crippen LogP contribution is 2.16. The fourth-order valence-corrected chi connectivity index (χ4v) is 2.01. The first kappa shape index (κ1) is 15.6. The van der Waals surface area contributed by atoms with E-state index in [1.54, 1.807) is 7.11 Å². The van der Waals surface area contributed by atoms with Crippen LogP contribution in [0.4, 0.5) is 0 Å². The van der Waals surface area contributed by atoms with Crippen LogP contribution in [-0.2, 0) is 9.53 Å². The topological polar surface area (TPSA) is 67.6 Å². The third-order valence-corrected chi connectivity index (χ3v) is 3.04. The summed E-state index contributed by atoms with van der Waals surface area (Å²) in [6.45, 7) is 2.25. The summed E-state index contributed by atoms with van der Waals surface area (Å²) in [5, 5.41) is 0. The van der Waals surface area contributed by atoms with Gasteiger partial charge in [0.05, 0.1) is 5.92 Å². The molecule has 1 unspecified atom stereocenters. The quantitative estimate of drug-likeness (QED) is 0.315. The molecule has 1 atom stereocenters. The minimum Gasteiger partial charge on any atom is -0.385 e. The van der Waals surface area contributed by atoms with Gasteiger partial charge in [-0.05, 0) is 19.0 Å². The molecular weight excluding hydrogens is 242 g/mol. The van der Waals surface area contributed by atoms with Gasteiger partial charge in [0.15, 0.2) is 0 Å². The number of nitrogens with one attached hydrogen (secondary N) is 1. The number of benzene rings is 1. The summed E-state index contributed by atoms with van der Waals surface area (Å²) in [6, 6.07) is 9.68. The van der Waals surface area contributed by atoms with Crippen molar-refractivity contribution >= 4 is 5.91 Å². The minimum absolute atomic E-state index is 0.162. The van der Waals surface area contributed by atoms with Gasteiger partial charge in [-0.3, -0.25) is 10.2 Å². The molecule has 0 spiro atoms. The van der Waals surface area contributed by atoms with Crippen LogP contribution in [0.15, 0.2) is 30.3 Å². The van der Waals surface area contributed by atoms with Gasteiger partial charge in [-0.2, -0.15) is 0 Å². The minimum atomic E-state index is -0.251. The molecule has 0 radical (unpaired) electrons. The summed E-state index contributed by atoms with van der Waals surface area (Å²) in [6.07, 6.45) is 0.943. The molecule has 0 saturated heterocycles. The number of likely N-dealkylation sites (N-methyl/N-ethyl adjacent to an activating group) is 1. The molecule has 0 heterocycles. The molecule has 0 aliphatic rings. The van der Waals surface area contributed by atoms with Crippen molar-refractivity contribution in [1.82, 2.24) is 10.3 Å². The molecule has 1 aromatic carbocycles. The molecule has 5 nitrogen and oxygen atoms in total. The van der Waals surface area contributed by atoms with E-state index in [4.69, 9.17) is 10.6 Å². The Morgan fingerprint density at radius 2 is 2.11 bits per heavy atom. The van der Waals surface area contributed by atoms with Crippen LogP contribution < -0.4 is 11.3 Å². The zero-order valence-electron chi connectivity index (χ0n) is 11.6. The highest BCUT2D eigenvalue weighted by atomic mass is 16.5. The molecule has 3 N–H and O–H groups in total. The van der Waals surface area contributed by atoms with Gasteiger partial charge >= 0.3 is 0 Å². The normalized spacial score (nSPS) is 12.4. The number of hydrogen-bond donors (Lipinski definition) is 2. The lowest BCUT2D eigenvalue weighted by Gasteiger charge is -2.23. The Morgan fingerprint density at radius 1 is 1.42 bits per heavy atom. The van der Waals surface area contributed by atoms with Crippen LogP contribution in [0.2, 0.25) is 0 Å². The zero-order chi connectivity index (χ0) is 14.1. The second-order valence-corrected chi connectivity index (χ2v) is 4.58. The predicted octanol–water partition coefficient (Wildman–Crippen LogP) is 0.728. The lowest BCUT2D eigenvalue weighted by molar-refractivity contribution is -0.123. The Hall–Kier alpha value is -1.43. The fraction of sp³-hybridized carbons (Fsp3) is 0.500. The Balaban J connectivity index is 2.63. The van der Waals surface area contributed by atoms with Crippen molar-refractivity contribution < 1.29 is 9.53 Å². The van der Waals surface area contributed by atoms with E-state index in [0.29, 0.717) is 6.54 Å². The van der Waals surface area contributed by atoms with Crippen LogP contribution in [0, 0.1) is 0 Å². The summed E-state index contributed by atoms with van der Waals surface area (Å²) >= 11 is 0. The highest BCUT2D eigenvalue weighted by Gasteiger charge is 2.21. The maximum absolute atomic E-state index is 11.9. The molecule has 5 heteroatoms. The molecule has 0 aliphatic carbocycles. The van der Waals surface area contributed by atoms with Gasteiger partial charge in [0.2, 0.25) is 5.91 Å². The molecule has 1 aromatic rings. The van der Waals surface area contributed by atoms with E-state index in [1.165, 1.54) is 0 Å². The molecule has 0 bridgehead atoms. The molecule has 0 fully saturated rings. The third kappa shape index (κ3) is 5.38. The number of hydrazine groups is 1. The summed E-state index contributed by atoms with van der Waals surface area (Å²) in [5.41, 5.74) is 3.22. The second kappa shape index (κ2) is 8.63. The fourth-order valence-electron chi connectivity index (χ4n) is 2.01. The maximum Gasteiger partial charge on any atom is 0.242 e. The van der Waals surface area contributed by atoms with E-state index in [1.807, 2.05) is 37.4 Å². The number of carbonyl (C=O) groups is 1. The number of hydrogen-bond acceptors (Lipinski definition) is 4.